The van der Waals surface area contributed by atoms with Gasteiger partial charge in [0, 0.05) is 6.08 Å². The molecule has 0 radical (unpaired) electrons. The molecule has 0 saturated carbocycles. The lowest BCUT2D eigenvalue weighted by Crippen LogP contribution is -2.04. The molecule has 0 amide bonds. The number of benzene rings is 1. The zero-order chi connectivity index (χ0) is 13.7. The van der Waals surface area contributed by atoms with E-state index >= 15 is 0 Å². The van der Waals surface area contributed by atoms with Crippen LogP contribution in [0, 0.1) is 0 Å². The largest absolute Gasteiger partial charge is 0.478 e. The van der Waals surface area contributed by atoms with Crippen LogP contribution in [0.2, 0.25) is 0 Å². The third kappa shape index (κ3) is 3.18. The number of carbonyl (C=O) groups is 3. The highest BCUT2D eigenvalue weighted by atomic mass is 16.5. The second-order valence-corrected chi connectivity index (χ2v) is 3.27. The van der Waals surface area contributed by atoms with E-state index in [0.717, 1.165) is 6.08 Å². The summed E-state index contributed by atoms with van der Waals surface area (Å²) in [5.74, 6) is -3.05. The molecule has 1 aromatic rings. The van der Waals surface area contributed by atoms with Gasteiger partial charge in [0.05, 0.1) is 18.2 Å². The molecule has 1 aromatic carbocycles. The molecule has 0 aliphatic carbocycles. The third-order valence-corrected chi connectivity index (χ3v) is 2.13. The number of carboxylic acids is 2. The molecule has 6 heteroatoms. The number of aromatic carboxylic acids is 2. The average molecular weight is 250 g/mol. The van der Waals surface area contributed by atoms with Crippen molar-refractivity contribution in [2.24, 2.45) is 0 Å². The molecule has 0 spiro atoms. The lowest BCUT2D eigenvalue weighted by Gasteiger charge is -2.02. The fourth-order valence-electron chi connectivity index (χ4n) is 1.25. The van der Waals surface area contributed by atoms with Gasteiger partial charge in [0.25, 0.3) is 0 Å². The highest BCUT2D eigenvalue weighted by Gasteiger charge is 2.11. The maximum absolute atomic E-state index is 10.9. The van der Waals surface area contributed by atoms with Crippen LogP contribution < -0.4 is 0 Å². The van der Waals surface area contributed by atoms with E-state index in [9.17, 15) is 14.4 Å². The van der Waals surface area contributed by atoms with Crippen LogP contribution in [-0.2, 0) is 9.53 Å². The first-order valence-corrected chi connectivity index (χ1v) is 4.82. The van der Waals surface area contributed by atoms with Gasteiger partial charge in [-0.25, -0.2) is 14.4 Å². The quantitative estimate of drug-likeness (QED) is 0.616. The normalized spacial score (nSPS) is 10.3. The van der Waals surface area contributed by atoms with E-state index in [0.29, 0.717) is 0 Å². The Hall–Kier alpha value is -2.63. The van der Waals surface area contributed by atoms with Crippen molar-refractivity contribution in [3.05, 3.63) is 41.0 Å². The fourth-order valence-corrected chi connectivity index (χ4v) is 1.25. The summed E-state index contributed by atoms with van der Waals surface area (Å²) in [5.41, 5.74) is -0.0440. The highest BCUT2D eigenvalue weighted by molar-refractivity contribution is 5.97. The monoisotopic (exact) mass is 250 g/mol. The van der Waals surface area contributed by atoms with Gasteiger partial charge in [-0.05, 0) is 29.8 Å². The van der Waals surface area contributed by atoms with Crippen LogP contribution >= 0.6 is 0 Å². The first kappa shape index (κ1) is 13.4. The van der Waals surface area contributed by atoms with Crippen molar-refractivity contribution in [1.29, 1.82) is 0 Å². The van der Waals surface area contributed by atoms with Crippen LogP contribution in [-0.4, -0.2) is 35.2 Å². The Morgan fingerprint density at radius 1 is 1.17 bits per heavy atom. The van der Waals surface area contributed by atoms with Crippen LogP contribution in [0.25, 0.3) is 6.08 Å². The number of methoxy groups -OCH3 is 1. The molecule has 2 N–H and O–H groups in total. The van der Waals surface area contributed by atoms with E-state index in [1.807, 2.05) is 0 Å². The summed E-state index contributed by atoms with van der Waals surface area (Å²) in [7, 11) is 1.18. The third-order valence-electron chi connectivity index (χ3n) is 2.13. The molecule has 0 bridgehead atoms. The van der Waals surface area contributed by atoms with E-state index < -0.39 is 17.9 Å². The molecule has 1 rings (SSSR count). The molecule has 0 aromatic heterocycles. The Morgan fingerprint density at radius 3 is 2.33 bits per heavy atom. The summed E-state index contributed by atoms with van der Waals surface area (Å²) in [6.45, 7) is 0. The number of hydrogen-bond donors (Lipinski definition) is 2. The van der Waals surface area contributed by atoms with Gasteiger partial charge >= 0.3 is 17.9 Å². The maximum atomic E-state index is 10.9. The number of carboxylic acid groups (broad SMARTS) is 2. The van der Waals surface area contributed by atoms with Crippen LogP contribution in [0.3, 0.4) is 0 Å². The number of esters is 1. The van der Waals surface area contributed by atoms with E-state index in [1.54, 1.807) is 0 Å². The topological polar surface area (TPSA) is 101 Å². The van der Waals surface area contributed by atoms with Gasteiger partial charge in [0.2, 0.25) is 0 Å². The summed E-state index contributed by atoms with van der Waals surface area (Å²) in [4.78, 5) is 32.6. The molecule has 0 fully saturated rings. The first-order valence-electron chi connectivity index (χ1n) is 4.82. The molecule has 0 saturated heterocycles. The molecule has 18 heavy (non-hydrogen) atoms. The molecule has 94 valence electrons. The zero-order valence-electron chi connectivity index (χ0n) is 9.41. The minimum atomic E-state index is -1.21. The van der Waals surface area contributed by atoms with Crippen molar-refractivity contribution < 1.29 is 29.3 Å². The van der Waals surface area contributed by atoms with Crippen LogP contribution in [0.4, 0.5) is 0 Å². The summed E-state index contributed by atoms with van der Waals surface area (Å²) < 4.78 is 4.36. The maximum Gasteiger partial charge on any atom is 0.336 e. The molecule has 0 heterocycles. The van der Waals surface area contributed by atoms with Crippen molar-refractivity contribution in [3.8, 4) is 0 Å². The van der Waals surface area contributed by atoms with Gasteiger partial charge in [0.15, 0.2) is 0 Å². The van der Waals surface area contributed by atoms with Crippen molar-refractivity contribution in [3.63, 3.8) is 0 Å². The molecule has 0 atom stereocenters. The molecule has 0 aliphatic heterocycles. The second-order valence-electron chi connectivity index (χ2n) is 3.27. The van der Waals surface area contributed by atoms with Crippen molar-refractivity contribution in [2.75, 3.05) is 7.11 Å². The molecular weight excluding hydrogens is 240 g/mol. The molecule has 6 nitrogen and oxygen atoms in total. The van der Waals surface area contributed by atoms with Crippen LogP contribution in [0.5, 0.6) is 0 Å². The molecule has 0 unspecified atom stereocenters. The fraction of sp³-hybridized carbons (Fsp3) is 0.0833. The number of rotatable bonds is 4. The summed E-state index contributed by atoms with van der Waals surface area (Å²) in [6.07, 6.45) is 2.22. The van der Waals surface area contributed by atoms with Gasteiger partial charge < -0.3 is 14.9 Å². The van der Waals surface area contributed by atoms with Crippen molar-refractivity contribution >= 4 is 24.0 Å². The Kier molecular flexibility index (Phi) is 4.20. The summed E-state index contributed by atoms with van der Waals surface area (Å²) >= 11 is 0. The van der Waals surface area contributed by atoms with Crippen molar-refractivity contribution in [2.45, 2.75) is 0 Å². The Bertz CT molecular complexity index is 529. The van der Waals surface area contributed by atoms with E-state index in [-0.39, 0.29) is 16.7 Å². The smallest absolute Gasteiger partial charge is 0.336 e. The zero-order valence-corrected chi connectivity index (χ0v) is 9.41. The van der Waals surface area contributed by atoms with Crippen molar-refractivity contribution in [1.82, 2.24) is 0 Å². The first-order chi connectivity index (χ1) is 8.45. The van der Waals surface area contributed by atoms with Gasteiger partial charge in [0.1, 0.15) is 0 Å². The Balaban J connectivity index is 3.23. The standard InChI is InChI=1S/C12H10O6/c1-18-10(13)5-3-7-6-8(11(14)15)2-4-9(7)12(16)17/h2-6H,1H3,(H,14,15)(H,16,17). The van der Waals surface area contributed by atoms with E-state index in [1.165, 1.54) is 31.4 Å². The van der Waals surface area contributed by atoms with Gasteiger partial charge in [-0.1, -0.05) is 0 Å². The number of carbonyl (C=O) groups excluding carboxylic acids is 1. The van der Waals surface area contributed by atoms with Crippen LogP contribution in [0.15, 0.2) is 24.3 Å². The predicted molar refractivity (Wildman–Crippen MR) is 61.4 cm³/mol. The summed E-state index contributed by atoms with van der Waals surface area (Å²) in [6, 6.07) is 3.52. The average Bonchev–Trinajstić information content (AvgIpc) is 2.35. The Morgan fingerprint density at radius 2 is 1.83 bits per heavy atom. The predicted octanol–water partition coefficient (Wildman–Crippen LogP) is 1.27. The molecular formula is C12H10O6. The van der Waals surface area contributed by atoms with Gasteiger partial charge in [-0.3, -0.25) is 0 Å². The molecule has 0 aliphatic rings. The minimum Gasteiger partial charge on any atom is -0.478 e. The van der Waals surface area contributed by atoms with Crippen LogP contribution in [0.1, 0.15) is 26.3 Å². The minimum absolute atomic E-state index is 0.0653. The SMILES string of the molecule is COC(=O)C=Cc1cc(C(=O)O)ccc1C(=O)O. The highest BCUT2D eigenvalue weighted by Crippen LogP contribution is 2.14. The number of ether oxygens (including phenoxy) is 1. The van der Waals surface area contributed by atoms with E-state index in [2.05, 4.69) is 4.74 Å². The summed E-state index contributed by atoms with van der Waals surface area (Å²) in [5, 5.41) is 17.7. The van der Waals surface area contributed by atoms with E-state index in [4.69, 9.17) is 10.2 Å². The second kappa shape index (κ2) is 5.62. The lowest BCUT2D eigenvalue weighted by atomic mass is 10.0. The van der Waals surface area contributed by atoms with Gasteiger partial charge in [-0.15, -0.1) is 0 Å². The lowest BCUT2D eigenvalue weighted by molar-refractivity contribution is -0.134. The Labute approximate surface area is 102 Å². The van der Waals surface area contributed by atoms with Gasteiger partial charge in [-0.2, -0.15) is 0 Å². The number of hydrogen-bond acceptors (Lipinski definition) is 4.